The van der Waals surface area contributed by atoms with E-state index in [-0.39, 0.29) is 6.10 Å². The lowest BCUT2D eigenvalue weighted by molar-refractivity contribution is 0.140. The molecule has 1 aliphatic heterocycles. The molecule has 1 heterocycles. The van der Waals surface area contributed by atoms with Gasteiger partial charge in [-0.2, -0.15) is 0 Å². The second-order valence-electron chi connectivity index (χ2n) is 4.97. The van der Waals surface area contributed by atoms with Gasteiger partial charge in [0.25, 0.3) is 0 Å². The summed E-state index contributed by atoms with van der Waals surface area (Å²) in [6.07, 6.45) is 4.08. The maximum atomic E-state index is 10.2. The van der Waals surface area contributed by atoms with E-state index in [9.17, 15) is 5.11 Å². The zero-order chi connectivity index (χ0) is 12.1. The largest absolute Gasteiger partial charge is 0.399 e. The maximum Gasteiger partial charge on any atom is 0.0793 e. The number of nitrogens with two attached hydrogens (primary N) is 1. The van der Waals surface area contributed by atoms with Crippen LogP contribution in [0.4, 0.5) is 5.69 Å². The molecule has 0 radical (unpaired) electrons. The van der Waals surface area contributed by atoms with Crippen LogP contribution in [0.3, 0.4) is 0 Å². The van der Waals surface area contributed by atoms with Crippen LogP contribution in [0.5, 0.6) is 0 Å². The summed E-state index contributed by atoms with van der Waals surface area (Å²) < 4.78 is 0. The van der Waals surface area contributed by atoms with Crippen LogP contribution >= 0.6 is 0 Å². The molecule has 3 heteroatoms. The number of nitrogens with one attached hydrogen (secondary N) is 1. The fourth-order valence-corrected chi connectivity index (χ4v) is 2.55. The Bertz CT molecular complexity index is 346. The van der Waals surface area contributed by atoms with Crippen molar-refractivity contribution in [1.29, 1.82) is 0 Å². The Hall–Kier alpha value is -1.06. The van der Waals surface area contributed by atoms with Crippen molar-refractivity contribution in [2.24, 2.45) is 5.92 Å². The predicted molar refractivity (Wildman–Crippen MR) is 70.6 cm³/mol. The average molecular weight is 234 g/mol. The number of nitrogen functional groups attached to an aromatic ring is 1. The van der Waals surface area contributed by atoms with Crippen LogP contribution in [0, 0.1) is 5.92 Å². The molecule has 4 N–H and O–H groups in total. The highest BCUT2D eigenvalue weighted by Gasteiger charge is 2.17. The van der Waals surface area contributed by atoms with Crippen molar-refractivity contribution >= 4 is 5.69 Å². The third-order valence-electron chi connectivity index (χ3n) is 3.55. The van der Waals surface area contributed by atoms with Crippen molar-refractivity contribution < 1.29 is 5.11 Å². The van der Waals surface area contributed by atoms with Gasteiger partial charge >= 0.3 is 0 Å². The van der Waals surface area contributed by atoms with E-state index in [0.717, 1.165) is 30.8 Å². The Labute approximate surface area is 103 Å². The van der Waals surface area contributed by atoms with E-state index >= 15 is 0 Å². The van der Waals surface area contributed by atoms with Crippen molar-refractivity contribution in [2.75, 3.05) is 18.8 Å². The minimum atomic E-state index is -0.374. The molecular weight excluding hydrogens is 212 g/mol. The van der Waals surface area contributed by atoms with Crippen LogP contribution in [0.25, 0.3) is 0 Å². The van der Waals surface area contributed by atoms with Crippen LogP contribution in [0.15, 0.2) is 24.3 Å². The number of aliphatic hydroxyl groups excluding tert-OH is 1. The van der Waals surface area contributed by atoms with E-state index in [0.29, 0.717) is 5.92 Å². The van der Waals surface area contributed by atoms with Crippen LogP contribution < -0.4 is 11.1 Å². The number of rotatable bonds is 3. The molecule has 0 aliphatic carbocycles. The summed E-state index contributed by atoms with van der Waals surface area (Å²) in [4.78, 5) is 0. The minimum Gasteiger partial charge on any atom is -0.399 e. The summed E-state index contributed by atoms with van der Waals surface area (Å²) in [6, 6.07) is 7.59. The van der Waals surface area contributed by atoms with Gasteiger partial charge in [0.2, 0.25) is 0 Å². The Balaban J connectivity index is 1.93. The highest BCUT2D eigenvalue weighted by atomic mass is 16.3. The van der Waals surface area contributed by atoms with Gasteiger partial charge in [0.1, 0.15) is 0 Å². The van der Waals surface area contributed by atoms with Gasteiger partial charge in [-0.05, 0) is 62.4 Å². The number of hydrogen-bond acceptors (Lipinski definition) is 3. The van der Waals surface area contributed by atoms with Gasteiger partial charge in [0.05, 0.1) is 6.10 Å². The second-order valence-corrected chi connectivity index (χ2v) is 4.97. The second kappa shape index (κ2) is 6.03. The summed E-state index contributed by atoms with van der Waals surface area (Å²) in [6.45, 7) is 2.19. The number of benzene rings is 1. The first-order chi connectivity index (χ1) is 8.25. The zero-order valence-electron chi connectivity index (χ0n) is 10.2. The molecule has 1 aromatic rings. The van der Waals surface area contributed by atoms with Crippen molar-refractivity contribution in [3.63, 3.8) is 0 Å². The molecule has 0 bridgehead atoms. The molecule has 0 spiro atoms. The molecule has 94 valence electrons. The van der Waals surface area contributed by atoms with Crippen molar-refractivity contribution in [3.05, 3.63) is 29.8 Å². The smallest absolute Gasteiger partial charge is 0.0793 e. The molecule has 1 fully saturated rings. The third kappa shape index (κ3) is 3.72. The first-order valence-electron chi connectivity index (χ1n) is 6.50. The van der Waals surface area contributed by atoms with Gasteiger partial charge in [0.15, 0.2) is 0 Å². The molecule has 2 rings (SSSR count). The zero-order valence-corrected chi connectivity index (χ0v) is 10.2. The fourth-order valence-electron chi connectivity index (χ4n) is 2.55. The van der Waals surface area contributed by atoms with Crippen LogP contribution in [0.1, 0.15) is 37.4 Å². The first kappa shape index (κ1) is 12.4. The lowest BCUT2D eigenvalue weighted by Gasteiger charge is -2.18. The van der Waals surface area contributed by atoms with Crippen LogP contribution in [-0.4, -0.2) is 18.2 Å². The average Bonchev–Trinajstić information content (AvgIpc) is 2.57. The fraction of sp³-hybridized carbons (Fsp3) is 0.571. The highest BCUT2D eigenvalue weighted by molar-refractivity contribution is 5.41. The van der Waals surface area contributed by atoms with Crippen molar-refractivity contribution in [2.45, 2.75) is 31.8 Å². The standard InChI is InChI=1S/C14H22N2O/c15-13-5-1-4-12(10-13)14(17)9-11-3-2-7-16-8-6-11/h1,4-5,10-11,14,16-17H,2-3,6-9,15H2. The molecule has 2 atom stereocenters. The van der Waals surface area contributed by atoms with Crippen molar-refractivity contribution in [3.8, 4) is 0 Å². The van der Waals surface area contributed by atoms with Crippen molar-refractivity contribution in [1.82, 2.24) is 5.32 Å². The number of aliphatic hydroxyl groups is 1. The summed E-state index contributed by atoms with van der Waals surface area (Å²) in [5.74, 6) is 0.626. The Morgan fingerprint density at radius 1 is 1.35 bits per heavy atom. The van der Waals surface area contributed by atoms with Crippen LogP contribution in [0.2, 0.25) is 0 Å². The van der Waals surface area contributed by atoms with Gasteiger partial charge in [0, 0.05) is 5.69 Å². The summed E-state index contributed by atoms with van der Waals surface area (Å²) in [7, 11) is 0. The molecule has 0 aromatic heterocycles. The number of anilines is 1. The third-order valence-corrected chi connectivity index (χ3v) is 3.55. The molecule has 0 amide bonds. The Kier molecular flexibility index (Phi) is 4.40. The van der Waals surface area contributed by atoms with Gasteiger partial charge in [-0.25, -0.2) is 0 Å². The quantitative estimate of drug-likeness (QED) is 0.702. The molecule has 17 heavy (non-hydrogen) atoms. The first-order valence-corrected chi connectivity index (χ1v) is 6.50. The van der Waals surface area contributed by atoms with Crippen LogP contribution in [-0.2, 0) is 0 Å². The molecular formula is C14H22N2O. The van der Waals surface area contributed by atoms with Gasteiger partial charge < -0.3 is 16.2 Å². The highest BCUT2D eigenvalue weighted by Crippen LogP contribution is 2.27. The predicted octanol–water partition coefficient (Wildman–Crippen LogP) is 2.08. The molecule has 1 aromatic carbocycles. The Morgan fingerprint density at radius 3 is 3.06 bits per heavy atom. The SMILES string of the molecule is Nc1cccc(C(O)CC2CCCNCC2)c1. The van der Waals surface area contributed by atoms with E-state index < -0.39 is 0 Å². The van der Waals surface area contributed by atoms with E-state index in [1.807, 2.05) is 24.3 Å². The molecule has 1 saturated heterocycles. The summed E-state index contributed by atoms with van der Waals surface area (Å²) >= 11 is 0. The van der Waals surface area contributed by atoms with E-state index in [1.54, 1.807) is 0 Å². The number of hydrogen-bond donors (Lipinski definition) is 3. The van der Waals surface area contributed by atoms with Gasteiger partial charge in [-0.15, -0.1) is 0 Å². The maximum absolute atomic E-state index is 10.2. The monoisotopic (exact) mass is 234 g/mol. The normalized spacial score (nSPS) is 23.0. The topological polar surface area (TPSA) is 58.3 Å². The van der Waals surface area contributed by atoms with Gasteiger partial charge in [-0.3, -0.25) is 0 Å². The van der Waals surface area contributed by atoms with Gasteiger partial charge in [-0.1, -0.05) is 12.1 Å². The Morgan fingerprint density at radius 2 is 2.24 bits per heavy atom. The minimum absolute atomic E-state index is 0.374. The van der Waals surface area contributed by atoms with E-state index in [4.69, 9.17) is 5.73 Å². The van der Waals surface area contributed by atoms with E-state index in [1.165, 1.54) is 19.3 Å². The molecule has 0 saturated carbocycles. The summed E-state index contributed by atoms with van der Waals surface area (Å²) in [5.41, 5.74) is 7.41. The molecule has 3 nitrogen and oxygen atoms in total. The van der Waals surface area contributed by atoms with E-state index in [2.05, 4.69) is 5.32 Å². The lowest BCUT2D eigenvalue weighted by Crippen LogP contribution is -2.14. The molecule has 2 unspecified atom stereocenters. The lowest BCUT2D eigenvalue weighted by atomic mass is 9.91. The summed E-state index contributed by atoms with van der Waals surface area (Å²) in [5, 5.41) is 13.6. The molecule has 1 aliphatic rings.